The zero-order chi connectivity index (χ0) is 21.6. The van der Waals surface area contributed by atoms with Crippen LogP contribution in [0.1, 0.15) is 5.82 Å². The predicted octanol–water partition coefficient (Wildman–Crippen LogP) is 4.25. The van der Waals surface area contributed by atoms with Crippen LogP contribution in [-0.2, 0) is 7.05 Å². The summed E-state index contributed by atoms with van der Waals surface area (Å²) >= 11 is 0. The summed E-state index contributed by atoms with van der Waals surface area (Å²) in [6.07, 6.45) is -4.82. The molecule has 0 fully saturated rings. The van der Waals surface area contributed by atoms with Crippen molar-refractivity contribution in [2.24, 2.45) is 7.05 Å². The molecule has 156 valence electrons. The molecule has 0 saturated carbocycles. The summed E-state index contributed by atoms with van der Waals surface area (Å²) in [7, 11) is 3.30. The van der Waals surface area contributed by atoms with E-state index in [1.807, 2.05) is 6.07 Å². The third kappa shape index (κ3) is 3.40. The van der Waals surface area contributed by atoms with Crippen molar-refractivity contribution in [2.45, 2.75) is 6.36 Å². The van der Waals surface area contributed by atoms with E-state index in [0.717, 1.165) is 11.6 Å². The number of nitrogens with one attached hydrogen (secondary N) is 1. The van der Waals surface area contributed by atoms with Crippen molar-refractivity contribution < 1.29 is 27.8 Å². The lowest BCUT2D eigenvalue weighted by Crippen LogP contribution is -2.26. The molecular formula is C20H17F3N4O3. The standard InChI is InChI=1S/C20H17F3N4O3/c1-26-15-7-6-12(29-2)9-14(15)25-19(26)17-16(28)10-27(18(17)24)11-4-3-5-13(8-11)30-20(21,22)23/h3-9,24,28H,10H2,1-2H3. The maximum absolute atomic E-state index is 12.5. The lowest BCUT2D eigenvalue weighted by atomic mass is 10.2. The third-order valence-electron chi connectivity index (χ3n) is 4.78. The van der Waals surface area contributed by atoms with Crippen LogP contribution < -0.4 is 14.4 Å². The number of aryl methyl sites for hydroxylation is 1. The Balaban J connectivity index is 1.69. The Kier molecular flexibility index (Phi) is 4.56. The second-order valence-corrected chi connectivity index (χ2v) is 6.65. The molecular weight excluding hydrogens is 401 g/mol. The minimum atomic E-state index is -4.82. The van der Waals surface area contributed by atoms with Crippen LogP contribution in [0.25, 0.3) is 16.6 Å². The molecule has 3 aromatic rings. The molecule has 2 aromatic carbocycles. The fourth-order valence-electron chi connectivity index (χ4n) is 3.41. The summed E-state index contributed by atoms with van der Waals surface area (Å²) in [6.45, 7) is -0.0732. The van der Waals surface area contributed by atoms with Gasteiger partial charge in [0.2, 0.25) is 0 Å². The van der Waals surface area contributed by atoms with E-state index in [0.29, 0.717) is 17.1 Å². The van der Waals surface area contributed by atoms with E-state index in [4.69, 9.17) is 10.1 Å². The molecule has 0 radical (unpaired) electrons. The molecule has 1 aliphatic rings. The van der Waals surface area contributed by atoms with Crippen molar-refractivity contribution in [1.82, 2.24) is 9.55 Å². The summed E-state index contributed by atoms with van der Waals surface area (Å²) in [5.74, 6) is 0.394. The Morgan fingerprint density at radius 1 is 1.13 bits per heavy atom. The number of imidazole rings is 1. The highest BCUT2D eigenvalue weighted by molar-refractivity contribution is 6.30. The number of nitrogens with zero attached hydrogens (tertiary/aromatic N) is 3. The van der Waals surface area contributed by atoms with Crippen LogP contribution in [0.4, 0.5) is 18.9 Å². The monoisotopic (exact) mass is 418 g/mol. The largest absolute Gasteiger partial charge is 0.573 e. The van der Waals surface area contributed by atoms with Crippen LogP contribution in [0.2, 0.25) is 0 Å². The molecule has 1 aliphatic heterocycles. The summed E-state index contributed by atoms with van der Waals surface area (Å²) in [6, 6.07) is 10.6. The number of hydrogen-bond acceptors (Lipinski definition) is 5. The number of alkyl halides is 3. The first-order valence-corrected chi connectivity index (χ1v) is 8.83. The normalized spacial score (nSPS) is 14.7. The number of benzene rings is 2. The van der Waals surface area contributed by atoms with Gasteiger partial charge >= 0.3 is 6.36 Å². The van der Waals surface area contributed by atoms with Gasteiger partial charge in [0.15, 0.2) is 0 Å². The van der Waals surface area contributed by atoms with Gasteiger partial charge < -0.3 is 24.0 Å². The number of aliphatic hydroxyl groups excluding tert-OH is 1. The zero-order valence-electron chi connectivity index (χ0n) is 16.0. The van der Waals surface area contributed by atoms with E-state index in [1.54, 1.807) is 30.9 Å². The second kappa shape index (κ2) is 6.97. The molecule has 1 aromatic heterocycles. The first-order chi connectivity index (χ1) is 14.2. The fraction of sp³-hybridized carbons (Fsp3) is 0.200. The topological polar surface area (TPSA) is 83.6 Å². The van der Waals surface area contributed by atoms with Crippen molar-refractivity contribution in [3.8, 4) is 11.5 Å². The van der Waals surface area contributed by atoms with E-state index in [9.17, 15) is 18.3 Å². The number of hydrogen-bond donors (Lipinski definition) is 2. The van der Waals surface area contributed by atoms with Crippen molar-refractivity contribution in [3.05, 3.63) is 54.0 Å². The van der Waals surface area contributed by atoms with E-state index >= 15 is 0 Å². The summed E-state index contributed by atoms with van der Waals surface area (Å²) < 4.78 is 48.5. The van der Waals surface area contributed by atoms with Crippen LogP contribution in [0, 0.1) is 5.41 Å². The number of fused-ring (bicyclic) bond motifs is 1. The van der Waals surface area contributed by atoms with Crippen molar-refractivity contribution in [1.29, 1.82) is 5.41 Å². The number of methoxy groups -OCH3 is 1. The number of anilines is 1. The van der Waals surface area contributed by atoms with E-state index in [1.165, 1.54) is 23.1 Å². The van der Waals surface area contributed by atoms with Gasteiger partial charge in [0.1, 0.15) is 28.9 Å². The lowest BCUT2D eigenvalue weighted by Gasteiger charge is -2.20. The Morgan fingerprint density at radius 3 is 2.60 bits per heavy atom. The summed E-state index contributed by atoms with van der Waals surface area (Å²) in [5.41, 5.74) is 1.88. The summed E-state index contributed by atoms with van der Waals surface area (Å²) in [4.78, 5) is 5.90. The van der Waals surface area contributed by atoms with Crippen molar-refractivity contribution in [3.63, 3.8) is 0 Å². The minimum Gasteiger partial charge on any atom is -0.509 e. The van der Waals surface area contributed by atoms with Crippen LogP contribution in [0.3, 0.4) is 0 Å². The van der Waals surface area contributed by atoms with E-state index in [-0.39, 0.29) is 29.4 Å². The molecule has 0 atom stereocenters. The van der Waals surface area contributed by atoms with Gasteiger partial charge in [-0.25, -0.2) is 4.98 Å². The highest BCUT2D eigenvalue weighted by atomic mass is 19.4. The molecule has 4 rings (SSSR count). The van der Waals surface area contributed by atoms with E-state index in [2.05, 4.69) is 9.72 Å². The maximum Gasteiger partial charge on any atom is 0.573 e. The van der Waals surface area contributed by atoms with E-state index < -0.39 is 12.1 Å². The number of ether oxygens (including phenoxy) is 2. The minimum absolute atomic E-state index is 0.0732. The Morgan fingerprint density at radius 2 is 1.90 bits per heavy atom. The highest BCUT2D eigenvalue weighted by Crippen LogP contribution is 2.34. The average molecular weight is 418 g/mol. The Labute approximate surface area is 169 Å². The molecule has 7 nitrogen and oxygen atoms in total. The molecule has 0 saturated heterocycles. The quantitative estimate of drug-likeness (QED) is 0.662. The van der Waals surface area contributed by atoms with Crippen LogP contribution >= 0.6 is 0 Å². The van der Waals surface area contributed by atoms with Gasteiger partial charge in [-0.2, -0.15) is 0 Å². The molecule has 0 unspecified atom stereocenters. The van der Waals surface area contributed by atoms with Gasteiger partial charge in [0, 0.05) is 24.9 Å². The molecule has 0 aliphatic carbocycles. The van der Waals surface area contributed by atoms with Gasteiger partial charge in [0.05, 0.1) is 30.3 Å². The fourth-order valence-corrected chi connectivity index (χ4v) is 3.41. The zero-order valence-corrected chi connectivity index (χ0v) is 16.0. The summed E-state index contributed by atoms with van der Waals surface area (Å²) in [5, 5.41) is 19.1. The molecule has 0 spiro atoms. The average Bonchev–Trinajstić information content (AvgIpc) is 3.16. The number of aliphatic hydroxyl groups is 1. The number of rotatable bonds is 4. The van der Waals surface area contributed by atoms with Gasteiger partial charge in [-0.1, -0.05) is 6.07 Å². The Hall–Kier alpha value is -3.69. The van der Waals surface area contributed by atoms with Crippen molar-refractivity contribution >= 4 is 28.1 Å². The molecule has 30 heavy (non-hydrogen) atoms. The highest BCUT2D eigenvalue weighted by Gasteiger charge is 2.34. The van der Waals surface area contributed by atoms with Gasteiger partial charge in [0.25, 0.3) is 0 Å². The second-order valence-electron chi connectivity index (χ2n) is 6.65. The number of amidine groups is 1. The van der Waals surface area contributed by atoms with Gasteiger partial charge in [-0.05, 0) is 24.3 Å². The lowest BCUT2D eigenvalue weighted by molar-refractivity contribution is -0.274. The Bertz CT molecular complexity index is 1180. The SMILES string of the molecule is COc1ccc2c(c1)nc(C1=C(O)CN(c3cccc(OC(F)(F)F)c3)C1=N)n2C. The third-order valence-corrected chi connectivity index (χ3v) is 4.78. The number of halogens is 3. The smallest absolute Gasteiger partial charge is 0.509 e. The maximum atomic E-state index is 12.5. The molecule has 0 bridgehead atoms. The molecule has 0 amide bonds. The molecule has 2 heterocycles. The predicted molar refractivity (Wildman–Crippen MR) is 105 cm³/mol. The molecule has 10 heteroatoms. The molecule has 2 N–H and O–H groups in total. The van der Waals surface area contributed by atoms with Crippen LogP contribution in [-0.4, -0.2) is 40.5 Å². The van der Waals surface area contributed by atoms with Crippen LogP contribution in [0.15, 0.2) is 48.2 Å². The van der Waals surface area contributed by atoms with Crippen LogP contribution in [0.5, 0.6) is 11.5 Å². The van der Waals surface area contributed by atoms with Crippen molar-refractivity contribution in [2.75, 3.05) is 18.6 Å². The first kappa shape index (κ1) is 19.6. The van der Waals surface area contributed by atoms with Gasteiger partial charge in [-0.3, -0.25) is 5.41 Å². The number of aromatic nitrogens is 2. The van der Waals surface area contributed by atoms with Gasteiger partial charge in [-0.15, -0.1) is 13.2 Å². The first-order valence-electron chi connectivity index (χ1n) is 8.83.